The van der Waals surface area contributed by atoms with Gasteiger partial charge in [-0.2, -0.15) is 16.1 Å². The van der Waals surface area contributed by atoms with E-state index in [-0.39, 0.29) is 0 Å². The van der Waals surface area contributed by atoms with E-state index in [0.29, 0.717) is 5.92 Å². The molecule has 0 aliphatic rings. The summed E-state index contributed by atoms with van der Waals surface area (Å²) < 4.78 is 4.29. The second-order valence-corrected chi connectivity index (χ2v) is 5.48. The van der Waals surface area contributed by atoms with Gasteiger partial charge in [0.1, 0.15) is 5.82 Å². The molecule has 0 atom stereocenters. The van der Waals surface area contributed by atoms with E-state index >= 15 is 0 Å². The topological polar surface area (TPSA) is 37.8 Å². The molecule has 3 nitrogen and oxygen atoms in total. The van der Waals surface area contributed by atoms with Crippen molar-refractivity contribution >= 4 is 28.4 Å². The molecule has 1 aromatic rings. The predicted octanol–water partition coefficient (Wildman–Crippen LogP) is 3.22. The van der Waals surface area contributed by atoms with Gasteiger partial charge < -0.3 is 5.32 Å². The third-order valence-corrected chi connectivity index (χ3v) is 3.39. The number of aromatic nitrogens is 2. The van der Waals surface area contributed by atoms with Gasteiger partial charge in [0, 0.05) is 24.0 Å². The van der Waals surface area contributed by atoms with Crippen LogP contribution >= 0.6 is 23.3 Å². The smallest absolute Gasteiger partial charge is 0.202 e. The number of nitrogens with one attached hydrogen (secondary N) is 1. The van der Waals surface area contributed by atoms with Crippen LogP contribution < -0.4 is 5.32 Å². The number of unbranched alkanes of at least 4 members (excludes halogenated alkanes) is 1. The van der Waals surface area contributed by atoms with Gasteiger partial charge in [-0.05, 0) is 24.9 Å². The summed E-state index contributed by atoms with van der Waals surface area (Å²) in [7, 11) is 0. The molecule has 1 rings (SSSR count). The molecule has 0 fully saturated rings. The number of anilines is 1. The molecule has 0 aliphatic heterocycles. The van der Waals surface area contributed by atoms with Crippen molar-refractivity contribution in [1.82, 2.24) is 9.36 Å². The minimum atomic E-state index is 0.424. The van der Waals surface area contributed by atoms with Crippen LogP contribution in [0.25, 0.3) is 0 Å². The molecule has 0 spiro atoms. The minimum Gasteiger partial charge on any atom is -0.360 e. The summed E-state index contributed by atoms with van der Waals surface area (Å²) in [5.74, 6) is 2.62. The zero-order valence-corrected chi connectivity index (χ0v) is 11.2. The highest BCUT2D eigenvalue weighted by atomic mass is 32.2. The fourth-order valence-electron chi connectivity index (χ4n) is 1.11. The summed E-state index contributed by atoms with van der Waals surface area (Å²) in [5.41, 5.74) is 0. The van der Waals surface area contributed by atoms with Crippen LogP contribution in [0.2, 0.25) is 0 Å². The van der Waals surface area contributed by atoms with E-state index in [9.17, 15) is 0 Å². The summed E-state index contributed by atoms with van der Waals surface area (Å²) >= 11 is 3.37. The van der Waals surface area contributed by atoms with Gasteiger partial charge in [-0.1, -0.05) is 13.8 Å². The minimum absolute atomic E-state index is 0.424. The molecule has 5 heteroatoms. The number of nitrogens with zero attached hydrogens (tertiary/aromatic N) is 2. The molecule has 0 bridgehead atoms. The van der Waals surface area contributed by atoms with Crippen molar-refractivity contribution in [2.45, 2.75) is 32.6 Å². The van der Waals surface area contributed by atoms with Gasteiger partial charge in [-0.3, -0.25) is 0 Å². The molecular formula is C10H19N3S2. The molecule has 0 amide bonds. The standard InChI is InChI=1S/C10H19N3S2/c1-8(2)9-12-10(15-13-9)11-6-4-5-7-14-3/h8H,4-7H2,1-3H3,(H,11,12,13). The van der Waals surface area contributed by atoms with Crippen molar-refractivity contribution in [2.24, 2.45) is 0 Å². The number of thioether (sulfide) groups is 1. The molecule has 0 saturated heterocycles. The van der Waals surface area contributed by atoms with Crippen LogP contribution in [0, 0.1) is 0 Å². The lowest BCUT2D eigenvalue weighted by Crippen LogP contribution is -2.01. The highest BCUT2D eigenvalue weighted by Crippen LogP contribution is 2.17. The van der Waals surface area contributed by atoms with Crippen LogP contribution in [-0.4, -0.2) is 27.9 Å². The van der Waals surface area contributed by atoms with E-state index in [1.807, 2.05) is 11.8 Å². The van der Waals surface area contributed by atoms with Crippen molar-refractivity contribution in [1.29, 1.82) is 0 Å². The van der Waals surface area contributed by atoms with Gasteiger partial charge in [0.15, 0.2) is 0 Å². The lowest BCUT2D eigenvalue weighted by Gasteiger charge is -2.00. The van der Waals surface area contributed by atoms with Crippen molar-refractivity contribution in [3.8, 4) is 0 Å². The Morgan fingerprint density at radius 2 is 2.20 bits per heavy atom. The van der Waals surface area contributed by atoms with E-state index in [4.69, 9.17) is 0 Å². The molecule has 0 radical (unpaired) electrons. The van der Waals surface area contributed by atoms with Crippen molar-refractivity contribution < 1.29 is 0 Å². The van der Waals surface area contributed by atoms with Crippen molar-refractivity contribution in [3.05, 3.63) is 5.82 Å². The number of hydrogen-bond acceptors (Lipinski definition) is 5. The predicted molar refractivity (Wildman–Crippen MR) is 70.1 cm³/mol. The monoisotopic (exact) mass is 245 g/mol. The molecule has 1 heterocycles. The van der Waals surface area contributed by atoms with E-state index in [0.717, 1.165) is 17.5 Å². The molecule has 1 aromatic heterocycles. The summed E-state index contributed by atoms with van der Waals surface area (Å²) in [6.07, 6.45) is 4.62. The van der Waals surface area contributed by atoms with Gasteiger partial charge in [-0.25, -0.2) is 4.98 Å². The Bertz CT molecular complexity index is 273. The first-order chi connectivity index (χ1) is 7.24. The molecule has 86 valence electrons. The molecule has 0 saturated carbocycles. The fraction of sp³-hybridized carbons (Fsp3) is 0.800. The summed E-state index contributed by atoms with van der Waals surface area (Å²) in [6, 6.07) is 0. The van der Waals surface area contributed by atoms with Crippen molar-refractivity contribution in [3.63, 3.8) is 0 Å². The maximum absolute atomic E-state index is 4.42. The summed E-state index contributed by atoms with van der Waals surface area (Å²) in [4.78, 5) is 4.42. The largest absolute Gasteiger partial charge is 0.360 e. The van der Waals surface area contributed by atoms with Crippen LogP contribution in [-0.2, 0) is 0 Å². The average Bonchev–Trinajstić information content (AvgIpc) is 2.66. The van der Waals surface area contributed by atoms with Crippen LogP contribution in [0.1, 0.15) is 38.4 Å². The molecule has 1 N–H and O–H groups in total. The first-order valence-corrected chi connectivity index (χ1v) is 7.47. The molecule has 0 unspecified atom stereocenters. The normalized spacial score (nSPS) is 10.9. The van der Waals surface area contributed by atoms with E-state index < -0.39 is 0 Å². The Hall–Kier alpha value is -0.290. The van der Waals surface area contributed by atoms with Gasteiger partial charge in [0.05, 0.1) is 0 Å². The zero-order valence-electron chi connectivity index (χ0n) is 9.62. The van der Waals surface area contributed by atoms with Gasteiger partial charge >= 0.3 is 0 Å². The zero-order chi connectivity index (χ0) is 11.1. The Morgan fingerprint density at radius 1 is 1.40 bits per heavy atom. The number of hydrogen-bond donors (Lipinski definition) is 1. The van der Waals surface area contributed by atoms with Gasteiger partial charge in [0.2, 0.25) is 5.13 Å². The maximum atomic E-state index is 4.42. The van der Waals surface area contributed by atoms with Gasteiger partial charge in [0.25, 0.3) is 0 Å². The van der Waals surface area contributed by atoms with E-state index in [1.54, 1.807) is 0 Å². The molecule has 0 aliphatic carbocycles. The first kappa shape index (κ1) is 12.8. The Labute approximate surface area is 100 Å². The average molecular weight is 245 g/mol. The molecule has 15 heavy (non-hydrogen) atoms. The van der Waals surface area contributed by atoms with Crippen LogP contribution in [0.3, 0.4) is 0 Å². The van der Waals surface area contributed by atoms with E-state index in [2.05, 4.69) is 34.8 Å². The van der Waals surface area contributed by atoms with E-state index in [1.165, 1.54) is 30.1 Å². The SMILES string of the molecule is CSCCCCNc1nc(C(C)C)ns1. The quantitative estimate of drug-likeness (QED) is 0.749. The summed E-state index contributed by atoms with van der Waals surface area (Å²) in [6.45, 7) is 5.24. The van der Waals surface area contributed by atoms with Crippen LogP contribution in [0.15, 0.2) is 0 Å². The third-order valence-electron chi connectivity index (χ3n) is 2.01. The lowest BCUT2D eigenvalue weighted by molar-refractivity contribution is 0.796. The second-order valence-electron chi connectivity index (χ2n) is 3.74. The molecular weight excluding hydrogens is 226 g/mol. The third kappa shape index (κ3) is 4.84. The highest BCUT2D eigenvalue weighted by molar-refractivity contribution is 7.98. The fourth-order valence-corrected chi connectivity index (χ4v) is 2.33. The number of rotatable bonds is 7. The molecule has 0 aromatic carbocycles. The highest BCUT2D eigenvalue weighted by Gasteiger charge is 2.06. The van der Waals surface area contributed by atoms with Crippen LogP contribution in [0.4, 0.5) is 5.13 Å². The first-order valence-electron chi connectivity index (χ1n) is 5.30. The van der Waals surface area contributed by atoms with Gasteiger partial charge in [-0.15, -0.1) is 0 Å². The van der Waals surface area contributed by atoms with Crippen molar-refractivity contribution in [2.75, 3.05) is 23.9 Å². The lowest BCUT2D eigenvalue weighted by atomic mass is 10.2. The Kier molecular flexibility index (Phi) is 6.02. The Balaban J connectivity index is 2.20. The maximum Gasteiger partial charge on any atom is 0.202 e. The Morgan fingerprint density at radius 3 is 2.80 bits per heavy atom. The van der Waals surface area contributed by atoms with Crippen LogP contribution in [0.5, 0.6) is 0 Å². The second kappa shape index (κ2) is 7.06. The summed E-state index contributed by atoms with van der Waals surface area (Å²) in [5, 5.41) is 4.28.